The molecule has 0 aromatic heterocycles. The summed E-state index contributed by atoms with van der Waals surface area (Å²) in [6.07, 6.45) is 1.94. The number of hydrogen-bond donors (Lipinski definition) is 1. The third kappa shape index (κ3) is 2.99. The molecule has 2 atom stereocenters. The molecule has 2 heterocycles. The predicted octanol–water partition coefficient (Wildman–Crippen LogP) is 3.40. The van der Waals surface area contributed by atoms with Gasteiger partial charge in [-0.2, -0.15) is 0 Å². The number of anilines is 1. The Morgan fingerprint density at radius 2 is 1.69 bits per heavy atom. The van der Waals surface area contributed by atoms with E-state index in [1.807, 2.05) is 0 Å². The van der Waals surface area contributed by atoms with Gasteiger partial charge < -0.3 is 10.2 Å². The maximum Gasteiger partial charge on any atom is 0.206 e. The number of hydrogen-bond acceptors (Lipinski definition) is 4. The zero-order valence-electron chi connectivity index (χ0n) is 14.4. The van der Waals surface area contributed by atoms with E-state index in [1.165, 1.54) is 6.07 Å². The van der Waals surface area contributed by atoms with Crippen molar-refractivity contribution >= 4 is 15.5 Å². The van der Waals surface area contributed by atoms with Gasteiger partial charge in [0.2, 0.25) is 9.84 Å². The van der Waals surface area contributed by atoms with Gasteiger partial charge in [0, 0.05) is 23.7 Å². The molecule has 2 aliphatic heterocycles. The molecule has 26 heavy (non-hydrogen) atoms. The van der Waals surface area contributed by atoms with E-state index in [0.717, 1.165) is 49.3 Å². The third-order valence-corrected chi connectivity index (χ3v) is 7.08. The largest absolute Gasteiger partial charge is 0.381 e. The molecule has 1 N–H and O–H groups in total. The summed E-state index contributed by atoms with van der Waals surface area (Å²) in [4.78, 5) is 1.98. The summed E-state index contributed by atoms with van der Waals surface area (Å²) in [6.45, 7) is 1.95. The number of benzene rings is 2. The van der Waals surface area contributed by atoms with Crippen molar-refractivity contribution in [2.75, 3.05) is 25.5 Å². The molecule has 2 aromatic rings. The molecule has 0 bridgehead atoms. The monoisotopic (exact) mass is 378 g/mol. The lowest BCUT2D eigenvalue weighted by Gasteiger charge is -2.16. The summed E-state index contributed by atoms with van der Waals surface area (Å²) < 4.78 is 52.7. The van der Waals surface area contributed by atoms with E-state index in [0.29, 0.717) is 12.1 Å². The quantitative estimate of drug-likeness (QED) is 0.870. The Kier molecular flexibility index (Phi) is 4.23. The molecular formula is C19H20F2N2O2S. The lowest BCUT2D eigenvalue weighted by Crippen LogP contribution is -2.22. The Morgan fingerprint density at radius 3 is 2.42 bits per heavy atom. The van der Waals surface area contributed by atoms with Gasteiger partial charge in [-0.05, 0) is 68.9 Å². The molecule has 138 valence electrons. The van der Waals surface area contributed by atoms with Crippen LogP contribution in [0.2, 0.25) is 0 Å². The van der Waals surface area contributed by atoms with Crippen molar-refractivity contribution in [2.24, 2.45) is 0 Å². The van der Waals surface area contributed by atoms with Crippen molar-refractivity contribution < 1.29 is 17.2 Å². The minimum atomic E-state index is -3.98. The van der Waals surface area contributed by atoms with Crippen LogP contribution in [0.3, 0.4) is 0 Å². The fraction of sp³-hybridized carbons (Fsp3) is 0.368. The summed E-state index contributed by atoms with van der Waals surface area (Å²) in [6, 6.07) is 7.59. The molecule has 0 amide bonds. The highest BCUT2D eigenvalue weighted by molar-refractivity contribution is 7.91. The maximum absolute atomic E-state index is 13.5. The van der Waals surface area contributed by atoms with E-state index in [1.54, 1.807) is 12.1 Å². The zero-order valence-corrected chi connectivity index (χ0v) is 15.2. The fourth-order valence-corrected chi connectivity index (χ4v) is 5.28. The first-order chi connectivity index (χ1) is 12.3. The van der Waals surface area contributed by atoms with E-state index in [4.69, 9.17) is 0 Å². The molecule has 4 nitrogen and oxygen atoms in total. The van der Waals surface area contributed by atoms with Gasteiger partial charge in [-0.15, -0.1) is 0 Å². The van der Waals surface area contributed by atoms with Gasteiger partial charge in [-0.3, -0.25) is 0 Å². The topological polar surface area (TPSA) is 49.4 Å². The molecule has 1 saturated heterocycles. The van der Waals surface area contributed by atoms with Crippen LogP contribution in [0.4, 0.5) is 14.5 Å². The van der Waals surface area contributed by atoms with Crippen molar-refractivity contribution in [1.82, 2.24) is 4.90 Å². The van der Waals surface area contributed by atoms with Gasteiger partial charge in [0.1, 0.15) is 11.6 Å². The summed E-state index contributed by atoms with van der Waals surface area (Å²) in [7, 11) is -1.90. The molecule has 0 saturated carbocycles. The molecule has 0 spiro atoms. The van der Waals surface area contributed by atoms with Crippen LogP contribution in [0, 0.1) is 11.6 Å². The fourth-order valence-electron chi connectivity index (χ4n) is 3.94. The van der Waals surface area contributed by atoms with Crippen LogP contribution in [-0.2, 0) is 9.84 Å². The van der Waals surface area contributed by atoms with Gasteiger partial charge in [-0.25, -0.2) is 17.2 Å². The number of rotatable bonds is 2. The van der Waals surface area contributed by atoms with E-state index in [-0.39, 0.29) is 15.7 Å². The number of sulfone groups is 1. The second kappa shape index (κ2) is 6.32. The highest BCUT2D eigenvalue weighted by Crippen LogP contribution is 2.42. The van der Waals surface area contributed by atoms with Gasteiger partial charge in [0.25, 0.3) is 0 Å². The Morgan fingerprint density at radius 1 is 1.00 bits per heavy atom. The van der Waals surface area contributed by atoms with Crippen molar-refractivity contribution in [3.8, 4) is 0 Å². The minimum absolute atomic E-state index is 0.0706. The minimum Gasteiger partial charge on any atom is -0.381 e. The van der Waals surface area contributed by atoms with Gasteiger partial charge in [-0.1, -0.05) is 0 Å². The maximum atomic E-state index is 13.5. The van der Waals surface area contributed by atoms with E-state index >= 15 is 0 Å². The molecule has 0 radical (unpaired) electrons. The summed E-state index contributed by atoms with van der Waals surface area (Å²) in [5, 5.41) is 3.49. The van der Waals surface area contributed by atoms with Gasteiger partial charge >= 0.3 is 0 Å². The van der Waals surface area contributed by atoms with Crippen LogP contribution < -0.4 is 5.32 Å². The summed E-state index contributed by atoms with van der Waals surface area (Å²) >= 11 is 0. The molecule has 0 aliphatic carbocycles. The summed E-state index contributed by atoms with van der Waals surface area (Å²) in [5.41, 5.74) is 1.93. The average Bonchev–Trinajstić information content (AvgIpc) is 2.83. The molecule has 7 heteroatoms. The number of halogens is 2. The molecular weight excluding hydrogens is 358 g/mol. The molecule has 2 aliphatic rings. The normalized spacial score (nSPS) is 23.0. The van der Waals surface area contributed by atoms with E-state index in [9.17, 15) is 17.2 Å². The lowest BCUT2D eigenvalue weighted by atomic mass is 9.91. The van der Waals surface area contributed by atoms with Crippen LogP contribution in [0.1, 0.15) is 24.3 Å². The average molecular weight is 378 g/mol. The molecule has 1 fully saturated rings. The van der Waals surface area contributed by atoms with Crippen LogP contribution in [0.25, 0.3) is 0 Å². The first-order valence-corrected chi connectivity index (χ1v) is 10.1. The van der Waals surface area contributed by atoms with Crippen molar-refractivity contribution in [1.29, 1.82) is 0 Å². The highest BCUT2D eigenvalue weighted by Gasteiger charge is 2.35. The van der Waals surface area contributed by atoms with E-state index in [2.05, 4.69) is 17.3 Å². The van der Waals surface area contributed by atoms with Crippen LogP contribution in [-0.4, -0.2) is 39.5 Å². The first-order valence-electron chi connectivity index (χ1n) is 8.65. The van der Waals surface area contributed by atoms with Crippen molar-refractivity contribution in [2.45, 2.75) is 34.6 Å². The van der Waals surface area contributed by atoms with Gasteiger partial charge in [0.15, 0.2) is 0 Å². The second-order valence-corrected chi connectivity index (χ2v) is 9.05. The summed E-state index contributed by atoms with van der Waals surface area (Å²) in [5.74, 6) is -1.56. The predicted molar refractivity (Wildman–Crippen MR) is 95.1 cm³/mol. The third-order valence-electron chi connectivity index (χ3n) is 5.35. The molecule has 2 aromatic carbocycles. The van der Waals surface area contributed by atoms with Crippen molar-refractivity contribution in [3.63, 3.8) is 0 Å². The lowest BCUT2D eigenvalue weighted by molar-refractivity contribution is 0.346. The zero-order chi connectivity index (χ0) is 18.5. The Labute approximate surface area is 151 Å². The Hall–Kier alpha value is -1.99. The standard InChI is InChI=1S/C19H20F2N2O2S/c1-23-6-4-16-17-11-14(2-3-18(17)22-19(16)5-7-23)26(24,25)15-9-12(20)8-13(21)10-15/h2-3,8-11,16,19,22H,4-7H2,1H3/t16-,19?/m0/s1. The molecule has 1 unspecified atom stereocenters. The van der Waals surface area contributed by atoms with Crippen LogP contribution in [0.5, 0.6) is 0 Å². The van der Waals surface area contributed by atoms with Crippen LogP contribution >= 0.6 is 0 Å². The van der Waals surface area contributed by atoms with Gasteiger partial charge in [0.05, 0.1) is 9.79 Å². The second-order valence-electron chi connectivity index (χ2n) is 7.10. The number of likely N-dealkylation sites (tertiary alicyclic amines) is 1. The van der Waals surface area contributed by atoms with Crippen molar-refractivity contribution in [3.05, 3.63) is 53.6 Å². The SMILES string of the molecule is CN1CCC2Nc3ccc(S(=O)(=O)c4cc(F)cc(F)c4)cc3[C@@H]2CC1. The first kappa shape index (κ1) is 17.4. The number of nitrogens with one attached hydrogen (secondary N) is 1. The Bertz CT molecular complexity index is 942. The highest BCUT2D eigenvalue weighted by atomic mass is 32.2. The Balaban J connectivity index is 1.74. The van der Waals surface area contributed by atoms with Crippen LogP contribution in [0.15, 0.2) is 46.2 Å². The van der Waals surface area contributed by atoms with E-state index < -0.39 is 21.5 Å². The number of fused-ring (bicyclic) bond motifs is 3. The number of nitrogens with zero attached hydrogens (tertiary/aromatic N) is 1. The smallest absolute Gasteiger partial charge is 0.206 e. The molecule has 4 rings (SSSR count).